The zero-order chi connectivity index (χ0) is 19.0. The van der Waals surface area contributed by atoms with Crippen molar-refractivity contribution in [3.8, 4) is 5.69 Å². The second-order valence-electron chi connectivity index (χ2n) is 7.11. The molecular weight excluding hydrogens is 367 g/mol. The normalized spacial score (nSPS) is 19.0. The second kappa shape index (κ2) is 7.34. The summed E-state index contributed by atoms with van der Waals surface area (Å²) in [6.07, 6.45) is 1.99. The van der Waals surface area contributed by atoms with Gasteiger partial charge in [0.2, 0.25) is 0 Å². The van der Waals surface area contributed by atoms with Crippen molar-refractivity contribution in [1.82, 2.24) is 14.7 Å². The summed E-state index contributed by atoms with van der Waals surface area (Å²) in [5, 5.41) is 7.34. The summed E-state index contributed by atoms with van der Waals surface area (Å²) in [6.45, 7) is 3.31. The van der Waals surface area contributed by atoms with E-state index in [4.69, 9.17) is 0 Å². The van der Waals surface area contributed by atoms with Gasteiger partial charge in [0.1, 0.15) is 11.6 Å². The Hall–Kier alpha value is -2.35. The maximum absolute atomic E-state index is 13.3. The molecule has 0 bridgehead atoms. The number of nitrogens with one attached hydrogen (secondary N) is 1. The molecule has 0 radical (unpaired) electrons. The van der Waals surface area contributed by atoms with E-state index in [1.807, 2.05) is 0 Å². The number of piperidine rings is 1. The molecule has 1 N–H and O–H groups in total. The Bertz CT molecular complexity index is 881. The maximum Gasteiger partial charge on any atom is 0.315 e. The third-order valence-electron chi connectivity index (χ3n) is 4.99. The van der Waals surface area contributed by atoms with E-state index in [2.05, 4.69) is 17.3 Å². The molecule has 1 unspecified atom stereocenters. The van der Waals surface area contributed by atoms with Crippen molar-refractivity contribution in [2.45, 2.75) is 31.3 Å². The van der Waals surface area contributed by atoms with Crippen molar-refractivity contribution in [3.05, 3.63) is 41.3 Å². The zero-order valence-corrected chi connectivity index (χ0v) is 15.9. The molecule has 3 heterocycles. The molecule has 1 atom stereocenters. The van der Waals surface area contributed by atoms with Crippen LogP contribution in [0.5, 0.6) is 0 Å². The topological polar surface area (TPSA) is 67.2 Å². The van der Waals surface area contributed by atoms with Gasteiger partial charge >= 0.3 is 11.8 Å². The lowest BCUT2D eigenvalue weighted by Crippen LogP contribution is -2.45. The highest BCUT2D eigenvalue weighted by Crippen LogP contribution is 2.36. The summed E-state index contributed by atoms with van der Waals surface area (Å²) < 4.78 is 14.9. The molecule has 1 saturated heterocycles. The van der Waals surface area contributed by atoms with Crippen LogP contribution in [0.4, 0.5) is 10.2 Å². The number of fused-ring (bicyclic) bond motifs is 1. The smallest absolute Gasteiger partial charge is 0.315 e. The Morgan fingerprint density at radius 3 is 2.78 bits per heavy atom. The standard InChI is InChI=1S/C19H21FN4O2S/c1-12-3-2-8-23(9-12)19(26)18(25)21-17-15-10-27-11-16(15)22-24(17)14-6-4-13(20)5-7-14/h4-7,12H,2-3,8-11H2,1H3,(H,21,25). The van der Waals surface area contributed by atoms with Gasteiger partial charge in [-0.25, -0.2) is 9.07 Å². The quantitative estimate of drug-likeness (QED) is 0.804. The Morgan fingerprint density at radius 1 is 1.26 bits per heavy atom. The van der Waals surface area contributed by atoms with Crippen LogP contribution in [-0.4, -0.2) is 39.6 Å². The number of hydrogen-bond donors (Lipinski definition) is 1. The molecule has 1 fully saturated rings. The van der Waals surface area contributed by atoms with Crippen LogP contribution in [0.1, 0.15) is 31.0 Å². The fraction of sp³-hybridized carbons (Fsp3) is 0.421. The Kier molecular flexibility index (Phi) is 4.90. The van der Waals surface area contributed by atoms with Gasteiger partial charge in [-0.15, -0.1) is 0 Å². The summed E-state index contributed by atoms with van der Waals surface area (Å²) in [7, 11) is 0. The lowest BCUT2D eigenvalue weighted by molar-refractivity contribution is -0.144. The summed E-state index contributed by atoms with van der Waals surface area (Å²) in [5.74, 6) is 0.894. The van der Waals surface area contributed by atoms with Crippen molar-refractivity contribution < 1.29 is 14.0 Å². The van der Waals surface area contributed by atoms with Crippen LogP contribution in [0.15, 0.2) is 24.3 Å². The van der Waals surface area contributed by atoms with Gasteiger partial charge in [-0.05, 0) is 43.0 Å². The number of hydrogen-bond acceptors (Lipinski definition) is 4. The Morgan fingerprint density at radius 2 is 2.04 bits per heavy atom. The van der Waals surface area contributed by atoms with Gasteiger partial charge in [-0.2, -0.15) is 16.9 Å². The van der Waals surface area contributed by atoms with Gasteiger partial charge in [0, 0.05) is 30.2 Å². The largest absolute Gasteiger partial charge is 0.334 e. The van der Waals surface area contributed by atoms with E-state index in [1.165, 1.54) is 12.1 Å². The number of carbonyl (C=O) groups is 2. The highest BCUT2D eigenvalue weighted by molar-refractivity contribution is 7.98. The van der Waals surface area contributed by atoms with Crippen molar-refractivity contribution in [2.24, 2.45) is 5.92 Å². The summed E-state index contributed by atoms with van der Waals surface area (Å²) >= 11 is 1.71. The number of aromatic nitrogens is 2. The minimum atomic E-state index is -0.646. The first-order chi connectivity index (χ1) is 13.0. The molecule has 8 heteroatoms. The predicted molar refractivity (Wildman–Crippen MR) is 102 cm³/mol. The molecule has 142 valence electrons. The van der Waals surface area contributed by atoms with E-state index in [0.717, 1.165) is 35.6 Å². The first-order valence-corrected chi connectivity index (χ1v) is 10.2. The molecule has 1 aromatic heterocycles. The number of halogens is 1. The van der Waals surface area contributed by atoms with E-state index >= 15 is 0 Å². The van der Waals surface area contributed by atoms with Crippen LogP contribution in [-0.2, 0) is 21.1 Å². The fourth-order valence-electron chi connectivity index (χ4n) is 3.59. The van der Waals surface area contributed by atoms with Crippen LogP contribution in [0.3, 0.4) is 0 Å². The second-order valence-corrected chi connectivity index (χ2v) is 8.09. The third-order valence-corrected chi connectivity index (χ3v) is 5.96. The van der Waals surface area contributed by atoms with Gasteiger partial charge in [0.05, 0.1) is 11.4 Å². The first kappa shape index (κ1) is 18.0. The highest BCUT2D eigenvalue weighted by atomic mass is 32.2. The molecule has 6 nitrogen and oxygen atoms in total. The Labute approximate surface area is 161 Å². The number of thioether (sulfide) groups is 1. The molecule has 1 aromatic carbocycles. The lowest BCUT2D eigenvalue weighted by Gasteiger charge is -2.30. The monoisotopic (exact) mass is 388 g/mol. The molecule has 2 aliphatic heterocycles. The van der Waals surface area contributed by atoms with Gasteiger partial charge in [0.15, 0.2) is 0 Å². The van der Waals surface area contributed by atoms with Crippen LogP contribution in [0, 0.1) is 11.7 Å². The number of rotatable bonds is 2. The van der Waals surface area contributed by atoms with Gasteiger partial charge in [-0.1, -0.05) is 6.92 Å². The molecule has 4 rings (SSSR count). The minimum Gasteiger partial charge on any atom is -0.334 e. The lowest BCUT2D eigenvalue weighted by atomic mass is 10.0. The van der Waals surface area contributed by atoms with Gasteiger partial charge in [0.25, 0.3) is 0 Å². The van der Waals surface area contributed by atoms with Crippen molar-refractivity contribution in [3.63, 3.8) is 0 Å². The van der Waals surface area contributed by atoms with E-state index in [1.54, 1.807) is 33.5 Å². The summed E-state index contributed by atoms with van der Waals surface area (Å²) in [4.78, 5) is 26.9. The maximum atomic E-state index is 13.3. The van der Waals surface area contributed by atoms with Gasteiger partial charge in [-0.3, -0.25) is 9.59 Å². The molecule has 0 saturated carbocycles. The minimum absolute atomic E-state index is 0.339. The molecular formula is C19H21FN4O2S. The molecule has 2 aromatic rings. The SMILES string of the molecule is CC1CCCN(C(=O)C(=O)Nc2c3c(nn2-c2ccc(F)cc2)CSC3)C1. The molecule has 2 amide bonds. The van der Waals surface area contributed by atoms with Crippen LogP contribution < -0.4 is 5.32 Å². The first-order valence-electron chi connectivity index (χ1n) is 9.07. The zero-order valence-electron chi connectivity index (χ0n) is 15.1. The number of carbonyl (C=O) groups excluding carboxylic acids is 2. The van der Waals surface area contributed by atoms with E-state index in [0.29, 0.717) is 30.5 Å². The molecule has 2 aliphatic rings. The summed E-state index contributed by atoms with van der Waals surface area (Å²) in [6, 6.07) is 5.91. The van der Waals surface area contributed by atoms with E-state index < -0.39 is 11.8 Å². The Balaban J connectivity index is 1.60. The molecule has 0 aliphatic carbocycles. The third kappa shape index (κ3) is 3.58. The predicted octanol–water partition coefficient (Wildman–Crippen LogP) is 2.96. The number of anilines is 1. The van der Waals surface area contributed by atoms with Crippen molar-refractivity contribution in [1.29, 1.82) is 0 Å². The average molecular weight is 388 g/mol. The number of benzene rings is 1. The van der Waals surface area contributed by atoms with Crippen LogP contribution in [0.25, 0.3) is 5.69 Å². The van der Waals surface area contributed by atoms with E-state index in [9.17, 15) is 14.0 Å². The summed E-state index contributed by atoms with van der Waals surface area (Å²) in [5.41, 5.74) is 2.46. The van der Waals surface area contributed by atoms with E-state index in [-0.39, 0.29) is 5.82 Å². The number of amides is 2. The van der Waals surface area contributed by atoms with Crippen LogP contribution >= 0.6 is 11.8 Å². The average Bonchev–Trinajstić information content (AvgIpc) is 3.24. The van der Waals surface area contributed by atoms with Crippen LogP contribution in [0.2, 0.25) is 0 Å². The highest BCUT2D eigenvalue weighted by Gasteiger charge is 2.30. The van der Waals surface area contributed by atoms with Crippen molar-refractivity contribution >= 4 is 29.4 Å². The number of nitrogens with zero attached hydrogens (tertiary/aromatic N) is 3. The molecule has 0 spiro atoms. The fourth-order valence-corrected chi connectivity index (χ4v) is 4.62. The van der Waals surface area contributed by atoms with Gasteiger partial charge < -0.3 is 10.2 Å². The molecule has 27 heavy (non-hydrogen) atoms. The number of likely N-dealkylation sites (tertiary alicyclic amines) is 1. The van der Waals surface area contributed by atoms with Crippen molar-refractivity contribution in [2.75, 3.05) is 18.4 Å².